The van der Waals surface area contributed by atoms with Crippen molar-refractivity contribution in [3.63, 3.8) is 0 Å². The van der Waals surface area contributed by atoms with Crippen LogP contribution in [0.3, 0.4) is 0 Å². The molecule has 5 nitrogen and oxygen atoms in total. The molecule has 5 heteroatoms. The van der Waals surface area contributed by atoms with Crippen LogP contribution in [0.2, 0.25) is 0 Å². The molecule has 1 atom stereocenters. The van der Waals surface area contributed by atoms with Crippen molar-refractivity contribution in [3.05, 3.63) is 23.8 Å². The first-order valence-corrected chi connectivity index (χ1v) is 7.27. The summed E-state index contributed by atoms with van der Waals surface area (Å²) >= 11 is 0. The Morgan fingerprint density at radius 3 is 2.86 bits per heavy atom. The highest BCUT2D eigenvalue weighted by Crippen LogP contribution is 2.45. The quantitative estimate of drug-likeness (QED) is 0.902. The van der Waals surface area contributed by atoms with Crippen LogP contribution in [0.1, 0.15) is 25.8 Å². The monoisotopic (exact) mass is 288 g/mol. The molecule has 2 aliphatic rings. The lowest BCUT2D eigenvalue weighted by molar-refractivity contribution is -0.133. The van der Waals surface area contributed by atoms with Gasteiger partial charge in [0.25, 0.3) is 0 Å². The molecule has 0 radical (unpaired) electrons. The Labute approximate surface area is 124 Å². The molecule has 112 valence electrons. The Morgan fingerprint density at radius 1 is 1.43 bits per heavy atom. The van der Waals surface area contributed by atoms with Crippen LogP contribution in [0.5, 0.6) is 5.75 Å². The van der Waals surface area contributed by atoms with Gasteiger partial charge in [-0.1, -0.05) is 13.8 Å². The van der Waals surface area contributed by atoms with Gasteiger partial charge < -0.3 is 15.0 Å². The molecule has 2 amide bonds. The van der Waals surface area contributed by atoms with E-state index in [-0.39, 0.29) is 17.7 Å². The van der Waals surface area contributed by atoms with Crippen molar-refractivity contribution in [2.24, 2.45) is 5.92 Å². The lowest BCUT2D eigenvalue weighted by Crippen LogP contribution is -2.40. The molecule has 1 aromatic rings. The van der Waals surface area contributed by atoms with Crippen LogP contribution in [0.4, 0.5) is 5.69 Å². The van der Waals surface area contributed by atoms with Gasteiger partial charge in [0.1, 0.15) is 5.75 Å². The number of amides is 2. The third kappa shape index (κ3) is 1.99. The van der Waals surface area contributed by atoms with E-state index >= 15 is 0 Å². The molecule has 1 spiro atoms. The zero-order chi connectivity index (χ0) is 15.2. The van der Waals surface area contributed by atoms with Crippen molar-refractivity contribution < 1.29 is 14.3 Å². The Hall–Kier alpha value is -2.04. The fourth-order valence-electron chi connectivity index (χ4n) is 3.29. The van der Waals surface area contributed by atoms with E-state index in [0.29, 0.717) is 19.5 Å². The zero-order valence-electron chi connectivity index (χ0n) is 12.6. The van der Waals surface area contributed by atoms with E-state index < -0.39 is 5.41 Å². The van der Waals surface area contributed by atoms with Gasteiger partial charge in [0, 0.05) is 24.7 Å². The molecule has 1 saturated heterocycles. The normalized spacial score (nSPS) is 23.6. The molecule has 1 N–H and O–H groups in total. The maximum absolute atomic E-state index is 12.5. The SMILES string of the molecule is COc1ccc2c(c1)[C@@]1(CCN(C(=O)C(C)C)C1)C(=O)N2. The number of nitrogens with one attached hydrogen (secondary N) is 1. The standard InChI is InChI=1S/C16H20N2O3/c1-10(2)14(19)18-7-6-16(9-18)12-8-11(21-3)4-5-13(12)17-15(16)20/h4-5,8,10H,6-7,9H2,1-3H3,(H,17,20)/t16-/m0/s1. The highest BCUT2D eigenvalue weighted by Gasteiger charge is 2.52. The number of carbonyl (C=O) groups excluding carboxylic acids is 2. The van der Waals surface area contributed by atoms with E-state index in [1.54, 1.807) is 12.0 Å². The minimum atomic E-state index is -0.617. The van der Waals surface area contributed by atoms with Crippen molar-refractivity contribution in [2.45, 2.75) is 25.7 Å². The van der Waals surface area contributed by atoms with E-state index in [4.69, 9.17) is 4.74 Å². The Balaban J connectivity index is 1.97. The molecule has 3 rings (SSSR count). The van der Waals surface area contributed by atoms with Crippen LogP contribution >= 0.6 is 0 Å². The second-order valence-corrected chi connectivity index (χ2v) is 6.11. The second kappa shape index (κ2) is 4.76. The van der Waals surface area contributed by atoms with Crippen LogP contribution in [-0.2, 0) is 15.0 Å². The second-order valence-electron chi connectivity index (χ2n) is 6.11. The van der Waals surface area contributed by atoms with Gasteiger partial charge in [0.15, 0.2) is 0 Å². The van der Waals surface area contributed by atoms with Crippen molar-refractivity contribution >= 4 is 17.5 Å². The van der Waals surface area contributed by atoms with E-state index in [2.05, 4.69) is 5.32 Å². The summed E-state index contributed by atoms with van der Waals surface area (Å²) < 4.78 is 5.27. The summed E-state index contributed by atoms with van der Waals surface area (Å²) in [6.07, 6.45) is 0.664. The number of nitrogens with zero attached hydrogens (tertiary/aromatic N) is 1. The average Bonchev–Trinajstić information content (AvgIpc) is 3.02. The number of rotatable bonds is 2. The third-order valence-electron chi connectivity index (χ3n) is 4.50. The number of ether oxygens (including phenoxy) is 1. The largest absolute Gasteiger partial charge is 0.497 e. The highest BCUT2D eigenvalue weighted by molar-refractivity contribution is 6.07. The van der Waals surface area contributed by atoms with Gasteiger partial charge in [-0.15, -0.1) is 0 Å². The van der Waals surface area contributed by atoms with E-state index in [0.717, 1.165) is 17.0 Å². The summed E-state index contributed by atoms with van der Waals surface area (Å²) in [6, 6.07) is 5.62. The molecule has 1 fully saturated rings. The number of methoxy groups -OCH3 is 1. The number of fused-ring (bicyclic) bond motifs is 2. The first kappa shape index (κ1) is 13.9. The lowest BCUT2D eigenvalue weighted by atomic mass is 9.81. The minimum absolute atomic E-state index is 0.00944. The third-order valence-corrected chi connectivity index (χ3v) is 4.50. The van der Waals surface area contributed by atoms with Gasteiger partial charge in [0.05, 0.1) is 12.5 Å². The lowest BCUT2D eigenvalue weighted by Gasteiger charge is -2.23. The number of benzene rings is 1. The molecule has 1 aromatic carbocycles. The van der Waals surface area contributed by atoms with Gasteiger partial charge in [-0.05, 0) is 30.2 Å². The summed E-state index contributed by atoms with van der Waals surface area (Å²) in [6.45, 7) is 4.86. The van der Waals surface area contributed by atoms with Gasteiger partial charge >= 0.3 is 0 Å². The Bertz CT molecular complexity index is 612. The molecule has 2 heterocycles. The van der Waals surface area contributed by atoms with Crippen molar-refractivity contribution in [3.8, 4) is 5.75 Å². The maximum atomic E-state index is 12.5. The maximum Gasteiger partial charge on any atom is 0.237 e. The first-order valence-electron chi connectivity index (χ1n) is 7.27. The number of carbonyl (C=O) groups is 2. The zero-order valence-corrected chi connectivity index (χ0v) is 12.6. The van der Waals surface area contributed by atoms with Gasteiger partial charge in [0.2, 0.25) is 11.8 Å². The minimum Gasteiger partial charge on any atom is -0.497 e. The molecule has 21 heavy (non-hydrogen) atoms. The summed E-state index contributed by atoms with van der Waals surface area (Å²) in [5.74, 6) is 0.786. The van der Waals surface area contributed by atoms with Gasteiger partial charge in [-0.3, -0.25) is 9.59 Å². The predicted molar refractivity (Wildman–Crippen MR) is 79.3 cm³/mol. The first-order chi connectivity index (χ1) is 9.98. The van der Waals surface area contributed by atoms with Gasteiger partial charge in [-0.2, -0.15) is 0 Å². The van der Waals surface area contributed by atoms with E-state index in [9.17, 15) is 9.59 Å². The topological polar surface area (TPSA) is 58.6 Å². The fourth-order valence-corrected chi connectivity index (χ4v) is 3.29. The average molecular weight is 288 g/mol. The number of likely N-dealkylation sites (tertiary alicyclic amines) is 1. The molecule has 0 aliphatic carbocycles. The van der Waals surface area contributed by atoms with Crippen LogP contribution in [-0.4, -0.2) is 36.9 Å². The van der Waals surface area contributed by atoms with Crippen LogP contribution < -0.4 is 10.1 Å². The van der Waals surface area contributed by atoms with Crippen molar-refractivity contribution in [2.75, 3.05) is 25.5 Å². The van der Waals surface area contributed by atoms with Crippen LogP contribution in [0, 0.1) is 5.92 Å². The van der Waals surface area contributed by atoms with Crippen molar-refractivity contribution in [1.29, 1.82) is 0 Å². The molecule has 0 bridgehead atoms. The fraction of sp³-hybridized carbons (Fsp3) is 0.500. The number of hydrogen-bond acceptors (Lipinski definition) is 3. The molecule has 2 aliphatic heterocycles. The molecule has 0 saturated carbocycles. The molecule has 0 aromatic heterocycles. The number of anilines is 1. The van der Waals surface area contributed by atoms with Gasteiger partial charge in [-0.25, -0.2) is 0 Å². The Kier molecular flexibility index (Phi) is 3.15. The van der Waals surface area contributed by atoms with Crippen molar-refractivity contribution in [1.82, 2.24) is 4.90 Å². The van der Waals surface area contributed by atoms with E-state index in [1.165, 1.54) is 0 Å². The van der Waals surface area contributed by atoms with Crippen LogP contribution in [0.25, 0.3) is 0 Å². The summed E-state index contributed by atoms with van der Waals surface area (Å²) in [7, 11) is 1.61. The smallest absolute Gasteiger partial charge is 0.237 e. The molecular formula is C16H20N2O3. The highest BCUT2D eigenvalue weighted by atomic mass is 16.5. The predicted octanol–water partition coefficient (Wildman–Crippen LogP) is 1.77. The summed E-state index contributed by atoms with van der Waals surface area (Å²) in [4.78, 5) is 26.5. The molecular weight excluding hydrogens is 268 g/mol. The Morgan fingerprint density at radius 2 is 2.19 bits per heavy atom. The summed E-state index contributed by atoms with van der Waals surface area (Å²) in [5, 5.41) is 2.94. The summed E-state index contributed by atoms with van der Waals surface area (Å²) in [5.41, 5.74) is 1.17. The number of hydrogen-bond donors (Lipinski definition) is 1. The van der Waals surface area contributed by atoms with Crippen LogP contribution in [0.15, 0.2) is 18.2 Å². The molecule has 0 unspecified atom stereocenters. The van der Waals surface area contributed by atoms with E-state index in [1.807, 2.05) is 32.0 Å².